The standard InChI is InChI=1S/C21H17N3O2S/c22-20(26)17-10-3-4-11-18(17)23-21(27)24-19(25)13-12-15-8-5-7-14-6-1-2-9-16(14)15/h1-13H,(H2,22,26)(H2,23,24,25,27)/b13-12+. The van der Waals surface area contributed by atoms with Gasteiger partial charge in [0.1, 0.15) is 0 Å². The molecule has 4 N–H and O–H groups in total. The zero-order valence-electron chi connectivity index (χ0n) is 14.3. The minimum absolute atomic E-state index is 0.0799. The van der Waals surface area contributed by atoms with Crippen LogP contribution < -0.4 is 16.4 Å². The number of carbonyl (C=O) groups excluding carboxylic acids is 2. The number of anilines is 1. The molecule has 134 valence electrons. The van der Waals surface area contributed by atoms with E-state index in [2.05, 4.69) is 10.6 Å². The molecule has 0 aromatic heterocycles. The summed E-state index contributed by atoms with van der Waals surface area (Å²) in [5.74, 6) is -0.958. The second kappa shape index (κ2) is 8.25. The number of para-hydroxylation sites is 1. The number of fused-ring (bicyclic) bond motifs is 1. The van der Waals surface area contributed by atoms with Crippen molar-refractivity contribution >= 4 is 51.7 Å². The summed E-state index contributed by atoms with van der Waals surface area (Å²) in [6, 6.07) is 20.5. The molecule has 0 heterocycles. The van der Waals surface area contributed by atoms with Gasteiger partial charge in [0.2, 0.25) is 5.91 Å². The predicted molar refractivity (Wildman–Crippen MR) is 112 cm³/mol. The van der Waals surface area contributed by atoms with E-state index in [1.807, 2.05) is 42.5 Å². The first-order valence-electron chi connectivity index (χ1n) is 8.21. The first kappa shape index (κ1) is 18.3. The highest BCUT2D eigenvalue weighted by molar-refractivity contribution is 7.80. The molecule has 2 amide bonds. The lowest BCUT2D eigenvalue weighted by Crippen LogP contribution is -2.33. The van der Waals surface area contributed by atoms with E-state index in [9.17, 15) is 9.59 Å². The third-order valence-corrected chi connectivity index (χ3v) is 4.12. The summed E-state index contributed by atoms with van der Waals surface area (Å²) in [4.78, 5) is 23.6. The highest BCUT2D eigenvalue weighted by Crippen LogP contribution is 2.19. The Morgan fingerprint density at radius 2 is 1.63 bits per heavy atom. The van der Waals surface area contributed by atoms with E-state index in [0.717, 1.165) is 16.3 Å². The van der Waals surface area contributed by atoms with Crippen molar-refractivity contribution in [2.24, 2.45) is 5.73 Å². The normalized spacial score (nSPS) is 10.7. The van der Waals surface area contributed by atoms with Crippen LogP contribution in [0, 0.1) is 0 Å². The van der Waals surface area contributed by atoms with Crippen LogP contribution in [0.5, 0.6) is 0 Å². The summed E-state index contributed by atoms with van der Waals surface area (Å²) in [5, 5.41) is 7.60. The van der Waals surface area contributed by atoms with Crippen molar-refractivity contribution in [3.05, 3.63) is 83.9 Å². The van der Waals surface area contributed by atoms with E-state index in [4.69, 9.17) is 18.0 Å². The van der Waals surface area contributed by atoms with E-state index in [0.29, 0.717) is 11.3 Å². The molecule has 0 fully saturated rings. The van der Waals surface area contributed by atoms with Gasteiger partial charge in [-0.2, -0.15) is 0 Å². The molecule has 6 heteroatoms. The van der Waals surface area contributed by atoms with Crippen molar-refractivity contribution < 1.29 is 9.59 Å². The fraction of sp³-hybridized carbons (Fsp3) is 0. The highest BCUT2D eigenvalue weighted by Gasteiger charge is 2.09. The topological polar surface area (TPSA) is 84.2 Å². The van der Waals surface area contributed by atoms with E-state index in [1.165, 1.54) is 6.08 Å². The van der Waals surface area contributed by atoms with Crippen molar-refractivity contribution in [3.8, 4) is 0 Å². The molecule has 3 aromatic rings. The van der Waals surface area contributed by atoms with Gasteiger partial charge in [-0.25, -0.2) is 0 Å². The van der Waals surface area contributed by atoms with Gasteiger partial charge in [-0.3, -0.25) is 14.9 Å². The summed E-state index contributed by atoms with van der Waals surface area (Å²) in [5.41, 5.74) is 6.99. The van der Waals surface area contributed by atoms with Crippen molar-refractivity contribution in [2.75, 3.05) is 5.32 Å². The maximum atomic E-state index is 12.2. The van der Waals surface area contributed by atoms with Crippen molar-refractivity contribution in [1.29, 1.82) is 0 Å². The fourth-order valence-electron chi connectivity index (χ4n) is 2.68. The molecule has 3 rings (SSSR count). The number of hydrogen-bond donors (Lipinski definition) is 3. The molecule has 5 nitrogen and oxygen atoms in total. The van der Waals surface area contributed by atoms with Crippen LogP contribution in [-0.2, 0) is 4.79 Å². The lowest BCUT2D eigenvalue weighted by molar-refractivity contribution is -0.115. The monoisotopic (exact) mass is 375 g/mol. The largest absolute Gasteiger partial charge is 0.366 e. The minimum Gasteiger partial charge on any atom is -0.366 e. The molecule has 0 saturated carbocycles. The molecule has 0 saturated heterocycles. The smallest absolute Gasteiger partial charge is 0.250 e. The van der Waals surface area contributed by atoms with Gasteiger partial charge >= 0.3 is 0 Å². The number of thiocarbonyl (C=S) groups is 1. The van der Waals surface area contributed by atoms with Crippen molar-refractivity contribution in [2.45, 2.75) is 0 Å². The van der Waals surface area contributed by atoms with Gasteiger partial charge in [-0.05, 0) is 46.8 Å². The number of amides is 2. The van der Waals surface area contributed by atoms with E-state index >= 15 is 0 Å². The van der Waals surface area contributed by atoms with E-state index in [-0.39, 0.29) is 11.0 Å². The second-order valence-electron chi connectivity index (χ2n) is 5.75. The van der Waals surface area contributed by atoms with Crippen LogP contribution in [0.2, 0.25) is 0 Å². The molecule has 0 spiro atoms. The maximum Gasteiger partial charge on any atom is 0.250 e. The van der Waals surface area contributed by atoms with Crippen LogP contribution >= 0.6 is 12.2 Å². The quantitative estimate of drug-likeness (QED) is 0.482. The zero-order chi connectivity index (χ0) is 19.2. The van der Waals surface area contributed by atoms with Crippen LogP contribution in [0.15, 0.2) is 72.8 Å². The summed E-state index contributed by atoms with van der Waals surface area (Å²) in [7, 11) is 0. The SMILES string of the molecule is NC(=O)c1ccccc1NC(=S)NC(=O)/C=C/c1cccc2ccccc12. The van der Waals surface area contributed by atoms with E-state index < -0.39 is 5.91 Å². The molecule has 0 bridgehead atoms. The first-order chi connectivity index (χ1) is 13.0. The molecule has 27 heavy (non-hydrogen) atoms. The van der Waals surface area contributed by atoms with Crippen LogP contribution in [-0.4, -0.2) is 16.9 Å². The van der Waals surface area contributed by atoms with Gasteiger partial charge in [0.15, 0.2) is 5.11 Å². The Morgan fingerprint density at radius 3 is 2.44 bits per heavy atom. The summed E-state index contributed by atoms with van der Waals surface area (Å²) in [6.07, 6.45) is 3.15. The Labute approximate surface area is 161 Å². The zero-order valence-corrected chi connectivity index (χ0v) is 15.1. The number of benzene rings is 3. The number of nitrogens with two attached hydrogens (primary N) is 1. The summed E-state index contributed by atoms with van der Waals surface area (Å²) < 4.78 is 0. The number of rotatable bonds is 4. The van der Waals surface area contributed by atoms with Gasteiger partial charge in [-0.15, -0.1) is 0 Å². The average Bonchev–Trinajstić information content (AvgIpc) is 2.66. The van der Waals surface area contributed by atoms with Crippen LogP contribution in [0.1, 0.15) is 15.9 Å². The first-order valence-corrected chi connectivity index (χ1v) is 8.62. The maximum absolute atomic E-state index is 12.2. The van der Waals surface area contributed by atoms with Gasteiger partial charge in [0.25, 0.3) is 5.91 Å². The van der Waals surface area contributed by atoms with Crippen LogP contribution in [0.25, 0.3) is 16.8 Å². The molecule has 0 atom stereocenters. The van der Waals surface area contributed by atoms with Gasteiger partial charge < -0.3 is 11.1 Å². The number of nitrogens with one attached hydrogen (secondary N) is 2. The number of carbonyl (C=O) groups is 2. The second-order valence-corrected chi connectivity index (χ2v) is 6.16. The Balaban J connectivity index is 1.68. The van der Waals surface area contributed by atoms with Crippen molar-refractivity contribution in [1.82, 2.24) is 5.32 Å². The Hall–Kier alpha value is -3.51. The molecule has 0 aliphatic rings. The summed E-state index contributed by atoms with van der Waals surface area (Å²) in [6.45, 7) is 0. The number of primary amides is 1. The predicted octanol–water partition coefficient (Wildman–Crippen LogP) is 3.47. The molecular formula is C21H17N3O2S. The lowest BCUT2D eigenvalue weighted by Gasteiger charge is -2.10. The molecule has 3 aromatic carbocycles. The Morgan fingerprint density at radius 1 is 0.926 bits per heavy atom. The highest BCUT2D eigenvalue weighted by atomic mass is 32.1. The molecule has 0 radical (unpaired) electrons. The van der Waals surface area contributed by atoms with Crippen LogP contribution in [0.3, 0.4) is 0 Å². The van der Waals surface area contributed by atoms with E-state index in [1.54, 1.807) is 30.3 Å². The summed E-state index contributed by atoms with van der Waals surface area (Å²) >= 11 is 5.14. The molecule has 0 aliphatic heterocycles. The van der Waals surface area contributed by atoms with Crippen molar-refractivity contribution in [3.63, 3.8) is 0 Å². The molecule has 0 unspecified atom stereocenters. The fourth-order valence-corrected chi connectivity index (χ4v) is 2.89. The third kappa shape index (κ3) is 4.56. The van der Waals surface area contributed by atoms with Gasteiger partial charge in [0.05, 0.1) is 11.3 Å². The average molecular weight is 375 g/mol. The Bertz CT molecular complexity index is 1050. The lowest BCUT2D eigenvalue weighted by atomic mass is 10.0. The van der Waals surface area contributed by atoms with Gasteiger partial charge in [-0.1, -0.05) is 54.6 Å². The van der Waals surface area contributed by atoms with Gasteiger partial charge in [0, 0.05) is 6.08 Å². The van der Waals surface area contributed by atoms with Crippen LogP contribution in [0.4, 0.5) is 5.69 Å². The molecular weight excluding hydrogens is 358 g/mol. The third-order valence-electron chi connectivity index (χ3n) is 3.92. The Kier molecular flexibility index (Phi) is 5.58. The minimum atomic E-state index is -0.580. The molecule has 0 aliphatic carbocycles. The number of hydrogen-bond acceptors (Lipinski definition) is 3.